The van der Waals surface area contributed by atoms with Crippen LogP contribution in [0, 0.1) is 11.3 Å². The number of nitriles is 1. The van der Waals surface area contributed by atoms with E-state index in [1.165, 1.54) is 0 Å². The van der Waals surface area contributed by atoms with Gasteiger partial charge in [0.2, 0.25) is 5.88 Å². The van der Waals surface area contributed by atoms with Crippen molar-refractivity contribution in [3.05, 3.63) is 87.2 Å². The van der Waals surface area contributed by atoms with Gasteiger partial charge in [0.15, 0.2) is 0 Å². The van der Waals surface area contributed by atoms with Gasteiger partial charge in [0, 0.05) is 21.0 Å². The summed E-state index contributed by atoms with van der Waals surface area (Å²) in [5.74, 6) is 0.387. The lowest BCUT2D eigenvalue weighted by Crippen LogP contribution is -2.21. The first kappa shape index (κ1) is 15.8. The van der Waals surface area contributed by atoms with Crippen LogP contribution in [0.15, 0.2) is 66.1 Å². The molecule has 1 unspecified atom stereocenters. The van der Waals surface area contributed by atoms with E-state index in [0.717, 1.165) is 21.9 Å². The number of nitrogens with zero attached hydrogens (tertiary/aromatic N) is 1. The number of nitrogens with two attached hydrogens (primary N) is 1. The molecule has 0 amide bonds. The zero-order valence-corrected chi connectivity index (χ0v) is 14.5. The van der Waals surface area contributed by atoms with Crippen LogP contribution >= 0.6 is 23.2 Å². The third-order valence-electron chi connectivity index (χ3n) is 4.33. The van der Waals surface area contributed by atoms with E-state index < -0.39 is 0 Å². The van der Waals surface area contributed by atoms with E-state index in [4.69, 9.17) is 33.7 Å². The highest BCUT2D eigenvalue weighted by atomic mass is 35.5. The molecule has 0 bridgehead atoms. The maximum Gasteiger partial charge on any atom is 0.205 e. The Labute approximate surface area is 154 Å². The van der Waals surface area contributed by atoms with E-state index >= 15 is 0 Å². The summed E-state index contributed by atoms with van der Waals surface area (Å²) in [5.41, 5.74) is 8.08. The van der Waals surface area contributed by atoms with Crippen LogP contribution < -0.4 is 10.5 Å². The number of fused-ring (bicyclic) bond motifs is 3. The van der Waals surface area contributed by atoms with Crippen LogP contribution in [0.25, 0.3) is 10.8 Å². The van der Waals surface area contributed by atoms with Crippen LogP contribution in [-0.4, -0.2) is 0 Å². The first-order valence-corrected chi connectivity index (χ1v) is 8.39. The molecule has 122 valence electrons. The minimum atomic E-state index is -0.380. The molecule has 3 aromatic carbocycles. The highest BCUT2D eigenvalue weighted by Crippen LogP contribution is 2.46. The summed E-state index contributed by atoms with van der Waals surface area (Å²) < 4.78 is 5.83. The van der Waals surface area contributed by atoms with Gasteiger partial charge >= 0.3 is 0 Å². The molecule has 1 aliphatic heterocycles. The predicted octanol–water partition coefficient (Wildman–Crippen LogP) is 5.36. The Hall–Kier alpha value is -2.67. The van der Waals surface area contributed by atoms with Crippen molar-refractivity contribution in [3.8, 4) is 11.8 Å². The first-order chi connectivity index (χ1) is 12.1. The monoisotopic (exact) mass is 366 g/mol. The van der Waals surface area contributed by atoms with E-state index in [1.807, 2.05) is 36.4 Å². The smallest absolute Gasteiger partial charge is 0.205 e. The van der Waals surface area contributed by atoms with Crippen LogP contribution in [0.5, 0.6) is 5.75 Å². The lowest BCUT2D eigenvalue weighted by Gasteiger charge is -2.27. The highest BCUT2D eigenvalue weighted by molar-refractivity contribution is 6.34. The fourth-order valence-electron chi connectivity index (χ4n) is 3.27. The van der Waals surface area contributed by atoms with Gasteiger partial charge in [0.25, 0.3) is 0 Å². The molecule has 1 heterocycles. The molecule has 25 heavy (non-hydrogen) atoms. The zero-order valence-electron chi connectivity index (χ0n) is 13.0. The molecule has 1 aliphatic rings. The van der Waals surface area contributed by atoms with Crippen LogP contribution in [0.2, 0.25) is 10.0 Å². The number of benzene rings is 3. The van der Waals surface area contributed by atoms with Crippen LogP contribution in [0.3, 0.4) is 0 Å². The van der Waals surface area contributed by atoms with Crippen molar-refractivity contribution in [2.75, 3.05) is 0 Å². The Balaban J connectivity index is 2.03. The SMILES string of the molecule is N#CC1=C(N)Oc2c(ccc3ccccc23)C1c1cc(Cl)cc(Cl)c1. The van der Waals surface area contributed by atoms with Gasteiger partial charge in [-0.25, -0.2) is 0 Å². The van der Waals surface area contributed by atoms with Gasteiger partial charge in [0.05, 0.1) is 5.92 Å². The summed E-state index contributed by atoms with van der Waals surface area (Å²) in [5, 5.41) is 12.6. The maximum atomic E-state index is 9.64. The molecule has 0 fully saturated rings. The average Bonchev–Trinajstić information content (AvgIpc) is 2.59. The number of hydrogen-bond donors (Lipinski definition) is 1. The minimum absolute atomic E-state index is 0.104. The molecular formula is C20H12Cl2N2O. The van der Waals surface area contributed by atoms with Crippen molar-refractivity contribution in [3.63, 3.8) is 0 Å². The molecule has 0 spiro atoms. The second kappa shape index (κ2) is 6.00. The minimum Gasteiger partial charge on any atom is -0.440 e. The van der Waals surface area contributed by atoms with Gasteiger partial charge in [-0.15, -0.1) is 0 Å². The summed E-state index contributed by atoms with van der Waals surface area (Å²) in [6.45, 7) is 0. The lowest BCUT2D eigenvalue weighted by molar-refractivity contribution is 0.398. The van der Waals surface area contributed by atoms with Gasteiger partial charge in [0.1, 0.15) is 17.4 Å². The van der Waals surface area contributed by atoms with Crippen molar-refractivity contribution in [2.24, 2.45) is 5.73 Å². The Morgan fingerprint density at radius 3 is 2.44 bits per heavy atom. The Kier molecular flexibility index (Phi) is 3.80. The second-order valence-corrected chi connectivity index (χ2v) is 6.71. The van der Waals surface area contributed by atoms with Crippen molar-refractivity contribution in [1.82, 2.24) is 0 Å². The largest absolute Gasteiger partial charge is 0.440 e. The number of rotatable bonds is 1. The van der Waals surface area contributed by atoms with Crippen molar-refractivity contribution in [1.29, 1.82) is 5.26 Å². The number of halogens is 2. The average molecular weight is 367 g/mol. The highest BCUT2D eigenvalue weighted by Gasteiger charge is 2.31. The summed E-state index contributed by atoms with van der Waals surface area (Å²) in [4.78, 5) is 0. The van der Waals surface area contributed by atoms with Crippen molar-refractivity contribution >= 4 is 34.0 Å². The topological polar surface area (TPSA) is 59.0 Å². The van der Waals surface area contributed by atoms with Gasteiger partial charge in [-0.3, -0.25) is 0 Å². The zero-order chi connectivity index (χ0) is 17.6. The summed E-state index contributed by atoms with van der Waals surface area (Å²) in [7, 11) is 0. The third kappa shape index (κ3) is 2.60. The Morgan fingerprint density at radius 2 is 1.72 bits per heavy atom. The summed E-state index contributed by atoms with van der Waals surface area (Å²) in [6, 6.07) is 19.3. The van der Waals surface area contributed by atoms with E-state index in [-0.39, 0.29) is 11.8 Å². The van der Waals surface area contributed by atoms with Crippen molar-refractivity contribution in [2.45, 2.75) is 5.92 Å². The van der Waals surface area contributed by atoms with E-state index in [1.54, 1.807) is 18.2 Å². The van der Waals surface area contributed by atoms with E-state index in [0.29, 0.717) is 21.4 Å². The summed E-state index contributed by atoms with van der Waals surface area (Å²) >= 11 is 12.3. The molecular weight excluding hydrogens is 355 g/mol. The molecule has 2 N–H and O–H groups in total. The predicted molar refractivity (Wildman–Crippen MR) is 99.7 cm³/mol. The Bertz CT molecular complexity index is 1060. The molecule has 3 aromatic rings. The van der Waals surface area contributed by atoms with Gasteiger partial charge < -0.3 is 10.5 Å². The van der Waals surface area contributed by atoms with Crippen molar-refractivity contribution < 1.29 is 4.74 Å². The van der Waals surface area contributed by atoms with Gasteiger partial charge in [-0.05, 0) is 29.1 Å². The molecule has 3 nitrogen and oxygen atoms in total. The lowest BCUT2D eigenvalue weighted by atomic mass is 9.82. The quantitative estimate of drug-likeness (QED) is 0.630. The van der Waals surface area contributed by atoms with Gasteiger partial charge in [-0.2, -0.15) is 5.26 Å². The Morgan fingerprint density at radius 1 is 1.00 bits per heavy atom. The van der Waals surface area contributed by atoms with E-state index in [2.05, 4.69) is 6.07 Å². The molecule has 0 aliphatic carbocycles. The number of hydrogen-bond acceptors (Lipinski definition) is 3. The fraction of sp³-hybridized carbons (Fsp3) is 0.0500. The molecule has 0 radical (unpaired) electrons. The van der Waals surface area contributed by atoms with E-state index in [9.17, 15) is 5.26 Å². The number of ether oxygens (including phenoxy) is 1. The molecule has 5 heteroatoms. The van der Waals surface area contributed by atoms with Crippen LogP contribution in [0.1, 0.15) is 17.0 Å². The standard InChI is InChI=1S/C20H12Cl2N2O/c21-13-7-12(8-14(22)9-13)18-16-6-5-11-3-1-2-4-15(11)19(16)25-20(24)17(18)10-23/h1-9,18H,24H2. The molecule has 0 saturated carbocycles. The molecule has 0 aromatic heterocycles. The normalized spacial score (nSPS) is 16.3. The third-order valence-corrected chi connectivity index (χ3v) is 4.76. The van der Waals surface area contributed by atoms with Crippen LogP contribution in [0.4, 0.5) is 0 Å². The first-order valence-electron chi connectivity index (χ1n) is 7.63. The fourth-order valence-corrected chi connectivity index (χ4v) is 3.81. The van der Waals surface area contributed by atoms with Gasteiger partial charge in [-0.1, -0.05) is 59.6 Å². The second-order valence-electron chi connectivity index (χ2n) is 5.83. The molecule has 4 rings (SSSR count). The van der Waals surface area contributed by atoms with Crippen LogP contribution in [-0.2, 0) is 0 Å². The maximum absolute atomic E-state index is 9.64. The molecule has 0 saturated heterocycles. The summed E-state index contributed by atoms with van der Waals surface area (Å²) in [6.07, 6.45) is 0. The number of allylic oxidation sites excluding steroid dienone is 1. The molecule has 1 atom stereocenters.